The standard InChI is InChI=1S/C12H22O3/c1-5-10(15-11(14)6-2)8-12(4,7-3)9-13/h6,10,13H,2,5,7-9H2,1,3-4H3. The molecule has 0 aliphatic carbocycles. The normalized spacial score (nSPS) is 16.5. The fraction of sp³-hybridized carbons (Fsp3) is 0.750. The van der Waals surface area contributed by atoms with Crippen molar-refractivity contribution in [3.63, 3.8) is 0 Å². The lowest BCUT2D eigenvalue weighted by atomic mass is 9.82. The first-order valence-corrected chi connectivity index (χ1v) is 5.45. The van der Waals surface area contributed by atoms with Gasteiger partial charge in [-0.05, 0) is 24.7 Å². The minimum Gasteiger partial charge on any atom is -0.459 e. The highest BCUT2D eigenvalue weighted by Gasteiger charge is 2.26. The van der Waals surface area contributed by atoms with Gasteiger partial charge in [-0.25, -0.2) is 4.79 Å². The zero-order valence-electron chi connectivity index (χ0n) is 9.95. The summed E-state index contributed by atoms with van der Waals surface area (Å²) in [6.45, 7) is 9.47. The molecule has 2 atom stereocenters. The van der Waals surface area contributed by atoms with Gasteiger partial charge in [-0.2, -0.15) is 0 Å². The Kier molecular flexibility index (Phi) is 6.25. The van der Waals surface area contributed by atoms with Crippen LogP contribution in [0.25, 0.3) is 0 Å². The Morgan fingerprint density at radius 3 is 2.53 bits per heavy atom. The van der Waals surface area contributed by atoms with Gasteiger partial charge >= 0.3 is 5.97 Å². The fourth-order valence-electron chi connectivity index (χ4n) is 1.35. The monoisotopic (exact) mass is 214 g/mol. The summed E-state index contributed by atoms with van der Waals surface area (Å²) < 4.78 is 5.18. The Morgan fingerprint density at radius 1 is 1.60 bits per heavy atom. The molecular formula is C12H22O3. The van der Waals surface area contributed by atoms with E-state index in [4.69, 9.17) is 4.74 Å². The number of carbonyl (C=O) groups excluding carboxylic acids is 1. The molecule has 3 nitrogen and oxygen atoms in total. The van der Waals surface area contributed by atoms with E-state index >= 15 is 0 Å². The summed E-state index contributed by atoms with van der Waals surface area (Å²) in [7, 11) is 0. The van der Waals surface area contributed by atoms with Crippen LogP contribution >= 0.6 is 0 Å². The van der Waals surface area contributed by atoms with E-state index in [1.165, 1.54) is 6.08 Å². The lowest BCUT2D eigenvalue weighted by Crippen LogP contribution is -2.29. The quantitative estimate of drug-likeness (QED) is 0.522. The Labute approximate surface area is 92.1 Å². The summed E-state index contributed by atoms with van der Waals surface area (Å²) in [5.41, 5.74) is -0.165. The van der Waals surface area contributed by atoms with Crippen molar-refractivity contribution in [2.75, 3.05) is 6.61 Å². The van der Waals surface area contributed by atoms with E-state index in [0.717, 1.165) is 12.8 Å². The summed E-state index contributed by atoms with van der Waals surface area (Å²) >= 11 is 0. The maximum Gasteiger partial charge on any atom is 0.330 e. The van der Waals surface area contributed by atoms with Gasteiger partial charge in [-0.3, -0.25) is 0 Å². The number of aliphatic hydroxyl groups excluding tert-OH is 1. The minimum atomic E-state index is -0.391. The van der Waals surface area contributed by atoms with Gasteiger partial charge in [-0.1, -0.05) is 27.4 Å². The van der Waals surface area contributed by atoms with E-state index in [2.05, 4.69) is 6.58 Å². The molecule has 0 aliphatic rings. The van der Waals surface area contributed by atoms with Gasteiger partial charge in [0.2, 0.25) is 0 Å². The molecule has 0 bridgehead atoms. The number of aliphatic hydroxyl groups is 1. The average Bonchev–Trinajstić information content (AvgIpc) is 2.27. The van der Waals surface area contributed by atoms with E-state index in [0.29, 0.717) is 6.42 Å². The molecule has 0 saturated carbocycles. The molecule has 1 N–H and O–H groups in total. The van der Waals surface area contributed by atoms with Gasteiger partial charge < -0.3 is 9.84 Å². The number of ether oxygens (including phenoxy) is 1. The van der Waals surface area contributed by atoms with Gasteiger partial charge in [0.15, 0.2) is 0 Å². The minimum absolute atomic E-state index is 0.117. The van der Waals surface area contributed by atoms with Crippen LogP contribution in [0.3, 0.4) is 0 Å². The second kappa shape index (κ2) is 6.62. The van der Waals surface area contributed by atoms with Gasteiger partial charge in [0.1, 0.15) is 6.10 Å². The van der Waals surface area contributed by atoms with Crippen LogP contribution in [0.4, 0.5) is 0 Å². The van der Waals surface area contributed by atoms with E-state index in [1.807, 2.05) is 20.8 Å². The molecule has 0 radical (unpaired) electrons. The van der Waals surface area contributed by atoms with Crippen molar-refractivity contribution in [3.8, 4) is 0 Å². The van der Waals surface area contributed by atoms with E-state index in [9.17, 15) is 9.90 Å². The van der Waals surface area contributed by atoms with Gasteiger partial charge in [0, 0.05) is 12.7 Å². The van der Waals surface area contributed by atoms with Crippen LogP contribution in [0.2, 0.25) is 0 Å². The Morgan fingerprint density at radius 2 is 2.20 bits per heavy atom. The van der Waals surface area contributed by atoms with Crippen LogP contribution in [0.1, 0.15) is 40.0 Å². The first kappa shape index (κ1) is 14.2. The second-order valence-electron chi connectivity index (χ2n) is 4.20. The van der Waals surface area contributed by atoms with Crippen molar-refractivity contribution < 1.29 is 14.6 Å². The summed E-state index contributed by atoms with van der Waals surface area (Å²) in [5.74, 6) is -0.391. The van der Waals surface area contributed by atoms with Crippen LogP contribution in [-0.2, 0) is 9.53 Å². The summed E-state index contributed by atoms with van der Waals surface area (Å²) in [6, 6.07) is 0. The van der Waals surface area contributed by atoms with Crippen molar-refractivity contribution in [1.29, 1.82) is 0 Å². The topological polar surface area (TPSA) is 46.5 Å². The van der Waals surface area contributed by atoms with Crippen LogP contribution in [0.15, 0.2) is 12.7 Å². The summed E-state index contributed by atoms with van der Waals surface area (Å²) in [6.07, 6.45) is 3.36. The van der Waals surface area contributed by atoms with Crippen LogP contribution in [0.5, 0.6) is 0 Å². The third kappa shape index (κ3) is 4.98. The molecule has 0 aromatic rings. The maximum absolute atomic E-state index is 11.0. The van der Waals surface area contributed by atoms with Crippen LogP contribution < -0.4 is 0 Å². The molecular weight excluding hydrogens is 192 g/mol. The van der Waals surface area contributed by atoms with Gasteiger partial charge in [-0.15, -0.1) is 0 Å². The van der Waals surface area contributed by atoms with Crippen LogP contribution in [0, 0.1) is 5.41 Å². The smallest absolute Gasteiger partial charge is 0.330 e. The molecule has 0 saturated heterocycles. The number of hydrogen-bond acceptors (Lipinski definition) is 3. The first-order valence-electron chi connectivity index (χ1n) is 5.45. The Balaban J connectivity index is 4.30. The van der Waals surface area contributed by atoms with Crippen molar-refractivity contribution >= 4 is 5.97 Å². The lowest BCUT2D eigenvalue weighted by molar-refractivity contribution is -0.145. The number of hydrogen-bond donors (Lipinski definition) is 1. The highest BCUT2D eigenvalue weighted by molar-refractivity contribution is 5.81. The molecule has 0 fully saturated rings. The van der Waals surface area contributed by atoms with Crippen molar-refractivity contribution in [3.05, 3.63) is 12.7 Å². The molecule has 0 aromatic carbocycles. The number of esters is 1. The van der Waals surface area contributed by atoms with Gasteiger partial charge in [0.05, 0.1) is 0 Å². The molecule has 15 heavy (non-hydrogen) atoms. The Bertz CT molecular complexity index is 207. The summed E-state index contributed by atoms with van der Waals surface area (Å²) in [4.78, 5) is 11.0. The van der Waals surface area contributed by atoms with Gasteiger partial charge in [0.25, 0.3) is 0 Å². The zero-order valence-corrected chi connectivity index (χ0v) is 9.95. The molecule has 0 spiro atoms. The van der Waals surface area contributed by atoms with E-state index < -0.39 is 5.97 Å². The average molecular weight is 214 g/mol. The molecule has 0 aromatic heterocycles. The van der Waals surface area contributed by atoms with Crippen molar-refractivity contribution in [1.82, 2.24) is 0 Å². The highest BCUT2D eigenvalue weighted by atomic mass is 16.5. The largest absolute Gasteiger partial charge is 0.459 e. The maximum atomic E-state index is 11.0. The Hall–Kier alpha value is -0.830. The van der Waals surface area contributed by atoms with Crippen LogP contribution in [-0.4, -0.2) is 23.8 Å². The molecule has 88 valence electrons. The van der Waals surface area contributed by atoms with Crippen molar-refractivity contribution in [2.45, 2.75) is 46.1 Å². The molecule has 3 heteroatoms. The second-order valence-corrected chi connectivity index (χ2v) is 4.20. The predicted molar refractivity (Wildman–Crippen MR) is 60.5 cm³/mol. The molecule has 0 amide bonds. The molecule has 0 aliphatic heterocycles. The molecule has 0 heterocycles. The SMILES string of the molecule is C=CC(=O)OC(CC)CC(C)(CC)CO. The van der Waals surface area contributed by atoms with E-state index in [1.54, 1.807) is 0 Å². The first-order chi connectivity index (χ1) is 7.01. The van der Waals surface area contributed by atoms with Crippen molar-refractivity contribution in [2.24, 2.45) is 5.41 Å². The third-order valence-electron chi connectivity index (χ3n) is 2.86. The molecule has 0 rings (SSSR count). The number of rotatable bonds is 7. The molecule has 2 unspecified atom stereocenters. The number of carbonyl (C=O) groups is 1. The third-order valence-corrected chi connectivity index (χ3v) is 2.86. The predicted octanol–water partition coefficient (Wildman–Crippen LogP) is 2.29. The lowest BCUT2D eigenvalue weighted by Gasteiger charge is -2.29. The summed E-state index contributed by atoms with van der Waals surface area (Å²) in [5, 5.41) is 9.26. The highest BCUT2D eigenvalue weighted by Crippen LogP contribution is 2.28. The fourth-order valence-corrected chi connectivity index (χ4v) is 1.35. The zero-order chi connectivity index (χ0) is 11.9. The van der Waals surface area contributed by atoms with E-state index in [-0.39, 0.29) is 18.1 Å².